The number of allylic oxidation sites excluding steroid dienone is 4. The van der Waals surface area contributed by atoms with Crippen LogP contribution < -0.4 is 11.5 Å². The van der Waals surface area contributed by atoms with Crippen LogP contribution in [-0.2, 0) is 6.42 Å². The summed E-state index contributed by atoms with van der Waals surface area (Å²) in [5.41, 5.74) is 33.9. The van der Waals surface area contributed by atoms with E-state index in [1.807, 2.05) is 62.4 Å². The van der Waals surface area contributed by atoms with E-state index in [9.17, 15) is 0 Å². The molecule has 0 amide bonds. The summed E-state index contributed by atoms with van der Waals surface area (Å²) in [5, 5.41) is 6.51. The van der Waals surface area contributed by atoms with Crippen molar-refractivity contribution in [3.8, 4) is 77.9 Å². The van der Waals surface area contributed by atoms with E-state index < -0.39 is 0 Å². The van der Waals surface area contributed by atoms with Gasteiger partial charge in [0.15, 0.2) is 0 Å². The number of nitrogen functional groups attached to an aromatic ring is 2. The molecule has 0 aliphatic carbocycles. The van der Waals surface area contributed by atoms with Crippen molar-refractivity contribution in [1.82, 2.24) is 0 Å². The molecule has 3 nitrogen and oxygen atoms in total. The first kappa shape index (κ1) is 54.1. The number of furan rings is 1. The summed E-state index contributed by atoms with van der Waals surface area (Å²) in [6, 6.07) is 92.4. The van der Waals surface area contributed by atoms with Crippen LogP contribution in [0.4, 0.5) is 11.4 Å². The molecule has 0 aliphatic heterocycles. The Bertz CT molecular complexity index is 4220. The lowest BCUT2D eigenvalue weighted by Crippen LogP contribution is -1.98. The zero-order chi connectivity index (χ0) is 56.1. The van der Waals surface area contributed by atoms with Gasteiger partial charge in [0, 0.05) is 27.1 Å². The molecule has 13 rings (SSSR count). The minimum atomic E-state index is 0.644. The van der Waals surface area contributed by atoms with Crippen molar-refractivity contribution in [2.75, 3.05) is 11.5 Å². The van der Waals surface area contributed by atoms with Crippen LogP contribution in [0.5, 0.6) is 0 Å². The third-order valence-corrected chi connectivity index (χ3v) is 14.6. The van der Waals surface area contributed by atoms with Gasteiger partial charge < -0.3 is 15.9 Å². The van der Waals surface area contributed by atoms with E-state index in [2.05, 4.69) is 245 Å². The van der Waals surface area contributed by atoms with E-state index >= 15 is 0 Å². The highest BCUT2D eigenvalue weighted by Gasteiger charge is 2.18. The smallest absolute Gasteiger partial charge is 0.143 e. The number of fused-ring (bicyclic) bond motifs is 6. The summed E-state index contributed by atoms with van der Waals surface area (Å²) in [4.78, 5) is 0. The van der Waals surface area contributed by atoms with E-state index in [1.54, 1.807) is 12.2 Å². The molecule has 0 unspecified atom stereocenters. The van der Waals surface area contributed by atoms with Crippen molar-refractivity contribution in [2.45, 2.75) is 27.2 Å². The molecule has 0 spiro atoms. The maximum Gasteiger partial charge on any atom is 0.143 e. The van der Waals surface area contributed by atoms with Crippen LogP contribution in [0, 0.1) is 0 Å². The molecule has 0 aliphatic rings. The number of aryl methyl sites for hydroxylation is 1. The van der Waals surface area contributed by atoms with Gasteiger partial charge in [-0.3, -0.25) is 0 Å². The van der Waals surface area contributed by atoms with Crippen molar-refractivity contribution in [3.63, 3.8) is 0 Å². The van der Waals surface area contributed by atoms with Crippen molar-refractivity contribution in [1.29, 1.82) is 0 Å². The van der Waals surface area contributed by atoms with Gasteiger partial charge in [-0.1, -0.05) is 250 Å². The topological polar surface area (TPSA) is 65.2 Å². The number of anilines is 2. The second-order valence-corrected chi connectivity index (χ2v) is 19.9. The molecule has 81 heavy (non-hydrogen) atoms. The molecule has 1 heterocycles. The second-order valence-electron chi connectivity index (χ2n) is 19.9. The van der Waals surface area contributed by atoms with Crippen molar-refractivity contribution in [3.05, 3.63) is 304 Å². The highest BCUT2D eigenvalue weighted by molar-refractivity contribution is 6.20. The summed E-state index contributed by atoms with van der Waals surface area (Å²) >= 11 is 0. The number of nitrogens with two attached hydrogens (primary N) is 2. The van der Waals surface area contributed by atoms with Crippen LogP contribution in [0.3, 0.4) is 0 Å². The Morgan fingerprint density at radius 3 is 1.16 bits per heavy atom. The lowest BCUT2D eigenvalue weighted by molar-refractivity contribution is 0.670. The molecule has 0 bridgehead atoms. The molecule has 0 atom stereocenters. The van der Waals surface area contributed by atoms with Gasteiger partial charge in [0.25, 0.3) is 0 Å². The van der Waals surface area contributed by atoms with Gasteiger partial charge in [0.05, 0.1) is 11.4 Å². The van der Waals surface area contributed by atoms with Gasteiger partial charge in [-0.2, -0.15) is 0 Å². The largest absolute Gasteiger partial charge is 0.455 e. The third kappa shape index (κ3) is 12.1. The Balaban J connectivity index is 0.000000174. The SMILES string of the molecule is C=C/C=C\C.C=CC.CCc1cccc(-c2cc(-c3cccc(-c4ccccc4)c3)cc3c2oc2ccc(-c4cccc(-c5ccccc5)c4)cc23)c1.Nc1c(N)c2cc(-c3ccccc3)ccc2c2ccc(-c3ccccc3)cc12. The standard InChI is InChI=1S/C44H32O.C26H20N2.C5H8.C3H6/c1-2-30-12-9-21-38(24-30)40-28-39(36-20-11-18-34(26-36)32-15-7-4-8-16-32)29-42-41-27-37(22-23-43(41)45-44(40)42)35-19-10-17-33(25-35)31-13-5-3-6-14-31;27-25-23-15-19(17-7-3-1-4-8-17)11-13-21(23)22-14-12-20(16-24(22)26(25)28)18-9-5-2-6-10-18;1-3-5-4-2;1-3-2/h3-29H,2H2,1H3;1-16H,27-28H2;3-5H,1H2,2H3;3H,1H2,2H3/b;;5-4-;. The van der Waals surface area contributed by atoms with E-state index in [0.717, 1.165) is 66.6 Å². The van der Waals surface area contributed by atoms with E-state index in [1.165, 1.54) is 66.8 Å². The predicted molar refractivity (Wildman–Crippen MR) is 352 cm³/mol. The van der Waals surface area contributed by atoms with Crippen LogP contribution in [0.1, 0.15) is 26.3 Å². The zero-order valence-electron chi connectivity index (χ0n) is 46.3. The van der Waals surface area contributed by atoms with Crippen LogP contribution in [-0.4, -0.2) is 0 Å². The van der Waals surface area contributed by atoms with Gasteiger partial charge in [-0.05, 0) is 157 Å². The van der Waals surface area contributed by atoms with Crippen LogP contribution in [0.2, 0.25) is 0 Å². The summed E-state index contributed by atoms with van der Waals surface area (Å²) in [5.74, 6) is 0. The molecule has 0 radical (unpaired) electrons. The van der Waals surface area contributed by atoms with Crippen molar-refractivity contribution < 1.29 is 4.42 Å². The Hall–Kier alpha value is -10.2. The minimum absolute atomic E-state index is 0.644. The first-order chi connectivity index (χ1) is 39.8. The fourth-order valence-electron chi connectivity index (χ4n) is 10.5. The van der Waals surface area contributed by atoms with E-state index in [0.29, 0.717) is 11.4 Å². The molecule has 1 aromatic heterocycles. The van der Waals surface area contributed by atoms with Crippen molar-refractivity contribution >= 4 is 54.9 Å². The normalized spacial score (nSPS) is 10.9. The molecule has 0 fully saturated rings. The Kier molecular flexibility index (Phi) is 17.0. The molecule has 3 heteroatoms. The highest BCUT2D eigenvalue weighted by Crippen LogP contribution is 2.43. The third-order valence-electron chi connectivity index (χ3n) is 14.6. The van der Waals surface area contributed by atoms with Gasteiger partial charge >= 0.3 is 0 Å². The summed E-state index contributed by atoms with van der Waals surface area (Å²) in [6.07, 6.45) is 8.31. The number of benzene rings is 12. The molecular weight excluding hydrogens is 981 g/mol. The highest BCUT2D eigenvalue weighted by atomic mass is 16.3. The van der Waals surface area contributed by atoms with Gasteiger partial charge in [-0.15, -0.1) is 6.58 Å². The van der Waals surface area contributed by atoms with Crippen molar-refractivity contribution in [2.24, 2.45) is 0 Å². The summed E-state index contributed by atoms with van der Waals surface area (Å²) in [7, 11) is 0. The average molecular weight is 1050 g/mol. The zero-order valence-corrected chi connectivity index (χ0v) is 46.3. The molecule has 0 saturated carbocycles. The van der Waals surface area contributed by atoms with E-state index in [4.69, 9.17) is 15.9 Å². The maximum absolute atomic E-state index is 6.68. The minimum Gasteiger partial charge on any atom is -0.455 e. The molecule has 13 aromatic rings. The van der Waals surface area contributed by atoms with Crippen LogP contribution >= 0.6 is 0 Å². The fourth-order valence-corrected chi connectivity index (χ4v) is 10.5. The quantitative estimate of drug-likeness (QED) is 0.0498. The molecule has 12 aromatic carbocycles. The molecule has 0 saturated heterocycles. The Morgan fingerprint density at radius 1 is 0.346 bits per heavy atom. The van der Waals surface area contributed by atoms with Gasteiger partial charge in [0.2, 0.25) is 0 Å². The molecule has 4 N–H and O–H groups in total. The first-order valence-electron chi connectivity index (χ1n) is 27.7. The molecular formula is C78H66N2O. The lowest BCUT2D eigenvalue weighted by Gasteiger charge is -2.14. The first-order valence-corrected chi connectivity index (χ1v) is 27.7. The number of hydrogen-bond acceptors (Lipinski definition) is 3. The maximum atomic E-state index is 6.68. The second kappa shape index (κ2) is 25.5. The molecule has 394 valence electrons. The Labute approximate surface area is 477 Å². The summed E-state index contributed by atoms with van der Waals surface area (Å²) in [6.45, 7) is 12.9. The predicted octanol–water partition coefficient (Wildman–Crippen LogP) is 21.9. The number of hydrogen-bond donors (Lipinski definition) is 2. The average Bonchev–Trinajstić information content (AvgIpc) is 4.18. The fraction of sp³-hybridized carbons (Fsp3) is 0.0513. The van der Waals surface area contributed by atoms with E-state index in [-0.39, 0.29) is 0 Å². The monoisotopic (exact) mass is 1050 g/mol. The van der Waals surface area contributed by atoms with Gasteiger partial charge in [-0.25, -0.2) is 0 Å². The summed E-state index contributed by atoms with van der Waals surface area (Å²) < 4.78 is 6.68. The Morgan fingerprint density at radius 2 is 0.716 bits per heavy atom. The van der Waals surface area contributed by atoms with Crippen LogP contribution in [0.25, 0.3) is 121 Å². The van der Waals surface area contributed by atoms with Crippen LogP contribution in [0.15, 0.2) is 303 Å². The number of rotatable bonds is 9. The lowest BCUT2D eigenvalue weighted by atomic mass is 9.93. The van der Waals surface area contributed by atoms with Gasteiger partial charge in [0.1, 0.15) is 11.2 Å².